The third-order valence-electron chi connectivity index (χ3n) is 3.88. The number of hydrogen-bond acceptors (Lipinski definition) is 6. The summed E-state index contributed by atoms with van der Waals surface area (Å²) in [5.74, 6) is 0. The Morgan fingerprint density at radius 2 is 1.00 bits per heavy atom. The van der Waals surface area contributed by atoms with Crippen LogP contribution >= 0.6 is 0 Å². The summed E-state index contributed by atoms with van der Waals surface area (Å²) >= 11 is 0. The van der Waals surface area contributed by atoms with Gasteiger partial charge in [0.05, 0.1) is 0 Å². The van der Waals surface area contributed by atoms with Crippen molar-refractivity contribution >= 4 is 0 Å². The molecule has 3 rings (SSSR count). The summed E-state index contributed by atoms with van der Waals surface area (Å²) in [6.45, 7) is 7.75. The number of hydrogen-bond donors (Lipinski definition) is 1. The van der Waals surface area contributed by atoms with Crippen LogP contribution < -0.4 is 0 Å². The average Bonchev–Trinajstić information content (AvgIpc) is 2.79. The third kappa shape index (κ3) is 18.5. The van der Waals surface area contributed by atoms with Crippen molar-refractivity contribution in [3.63, 3.8) is 0 Å². The Hall–Kier alpha value is -0.240. The normalized spacial score (nSPS) is 24.7. The van der Waals surface area contributed by atoms with Crippen LogP contribution in [0.3, 0.4) is 0 Å². The first-order chi connectivity index (χ1) is 12.9. The highest BCUT2D eigenvalue weighted by atomic mass is 16.7. The fourth-order valence-electron chi connectivity index (χ4n) is 2.48. The summed E-state index contributed by atoms with van der Waals surface area (Å²) in [5, 5.41) is 7.00. The van der Waals surface area contributed by atoms with Crippen LogP contribution in [0.4, 0.5) is 0 Å². The minimum absolute atomic E-state index is 0.0868. The lowest BCUT2D eigenvalue weighted by Gasteiger charge is -2.20. The molecule has 3 saturated heterocycles. The van der Waals surface area contributed by atoms with Gasteiger partial charge in [0.25, 0.3) is 0 Å². The van der Waals surface area contributed by atoms with Crippen LogP contribution in [0, 0.1) is 0 Å². The molecule has 0 amide bonds. The molecule has 2 atom stereocenters. The van der Waals surface area contributed by atoms with Gasteiger partial charge in [0.1, 0.15) is 0 Å². The predicted molar refractivity (Wildman–Crippen MR) is 105 cm³/mol. The van der Waals surface area contributed by atoms with Crippen molar-refractivity contribution in [1.82, 2.24) is 0 Å². The largest absolute Gasteiger partial charge is 0.400 e. The monoisotopic (exact) mass is 380 g/mol. The number of aliphatic hydroxyl groups excluding tert-OH is 1. The standard InChI is InChI=1S/2C6H12O2.C5H10O.C2H6.CH4O/c2*1-7-6-4-2-3-5-8-6;1-2-4-6-5-3-1;2*1-2/h2*6H,2-5H2,1H3;1-5H2;1-2H3;2H,1H3/t2*6-;;;/m11.../s1. The van der Waals surface area contributed by atoms with Crippen molar-refractivity contribution in [2.75, 3.05) is 47.8 Å². The number of methoxy groups -OCH3 is 2. The molecule has 0 aromatic rings. The number of rotatable bonds is 2. The Bertz CT molecular complexity index is 195. The van der Waals surface area contributed by atoms with E-state index in [1.54, 1.807) is 14.2 Å². The Kier molecular flexibility index (Phi) is 26.6. The molecule has 0 spiro atoms. The van der Waals surface area contributed by atoms with E-state index in [2.05, 4.69) is 0 Å². The van der Waals surface area contributed by atoms with Gasteiger partial charge in [-0.1, -0.05) is 13.8 Å². The Labute approximate surface area is 161 Å². The highest BCUT2D eigenvalue weighted by Gasteiger charge is 2.11. The summed E-state index contributed by atoms with van der Waals surface area (Å²) in [5.41, 5.74) is 0. The van der Waals surface area contributed by atoms with E-state index in [1.807, 2.05) is 13.8 Å². The summed E-state index contributed by atoms with van der Waals surface area (Å²) in [4.78, 5) is 0. The van der Waals surface area contributed by atoms with Crippen molar-refractivity contribution in [1.29, 1.82) is 0 Å². The Balaban J connectivity index is 0. The second-order valence-corrected chi connectivity index (χ2v) is 5.74. The highest BCUT2D eigenvalue weighted by Crippen LogP contribution is 2.12. The van der Waals surface area contributed by atoms with Gasteiger partial charge in [-0.15, -0.1) is 0 Å². The summed E-state index contributed by atoms with van der Waals surface area (Å²) < 4.78 is 25.4. The van der Waals surface area contributed by atoms with E-state index in [9.17, 15) is 0 Å². The van der Waals surface area contributed by atoms with E-state index in [4.69, 9.17) is 28.8 Å². The molecular weight excluding hydrogens is 336 g/mol. The van der Waals surface area contributed by atoms with Crippen LogP contribution in [0.2, 0.25) is 0 Å². The molecule has 26 heavy (non-hydrogen) atoms. The fourth-order valence-corrected chi connectivity index (χ4v) is 2.48. The molecule has 0 unspecified atom stereocenters. The predicted octanol–water partition coefficient (Wildman–Crippen LogP) is 4.14. The van der Waals surface area contributed by atoms with Crippen LogP contribution in [0.5, 0.6) is 0 Å². The van der Waals surface area contributed by atoms with E-state index in [-0.39, 0.29) is 12.6 Å². The maximum Gasteiger partial charge on any atom is 0.157 e. The van der Waals surface area contributed by atoms with Crippen LogP contribution in [0.1, 0.15) is 71.6 Å². The topological polar surface area (TPSA) is 66.4 Å². The second kappa shape index (κ2) is 24.8. The summed E-state index contributed by atoms with van der Waals surface area (Å²) in [6, 6.07) is 0. The minimum Gasteiger partial charge on any atom is -0.400 e. The van der Waals surface area contributed by atoms with Gasteiger partial charge in [-0.05, 0) is 57.8 Å². The molecular formula is C20H44O6. The molecule has 160 valence electrons. The molecule has 1 N–H and O–H groups in total. The molecule has 6 heteroatoms. The van der Waals surface area contributed by atoms with Gasteiger partial charge in [0, 0.05) is 47.8 Å². The molecule has 3 fully saturated rings. The molecule has 0 saturated carbocycles. The number of aliphatic hydroxyl groups is 1. The zero-order chi connectivity index (χ0) is 19.9. The zero-order valence-electron chi connectivity index (χ0n) is 17.8. The third-order valence-corrected chi connectivity index (χ3v) is 3.88. The smallest absolute Gasteiger partial charge is 0.157 e. The van der Waals surface area contributed by atoms with E-state index >= 15 is 0 Å². The van der Waals surface area contributed by atoms with Gasteiger partial charge < -0.3 is 28.8 Å². The molecule has 0 radical (unpaired) electrons. The summed E-state index contributed by atoms with van der Waals surface area (Å²) in [7, 11) is 4.38. The Morgan fingerprint density at radius 3 is 1.15 bits per heavy atom. The molecule has 0 aromatic carbocycles. The SMILES string of the molecule is C1CCOCC1.CC.CO.CO[C@H]1CCCCO1.CO[C@H]1CCCCO1. The zero-order valence-corrected chi connectivity index (χ0v) is 17.8. The van der Waals surface area contributed by atoms with Crippen molar-refractivity contribution < 1.29 is 28.8 Å². The Morgan fingerprint density at radius 1 is 0.615 bits per heavy atom. The number of ether oxygens (including phenoxy) is 5. The fraction of sp³-hybridized carbons (Fsp3) is 1.00. The molecule has 3 aliphatic heterocycles. The van der Waals surface area contributed by atoms with Crippen molar-refractivity contribution in [2.45, 2.75) is 84.2 Å². The lowest BCUT2D eigenvalue weighted by Crippen LogP contribution is -2.20. The van der Waals surface area contributed by atoms with Gasteiger partial charge in [0.15, 0.2) is 12.6 Å². The maximum absolute atomic E-state index is 7.00. The van der Waals surface area contributed by atoms with Gasteiger partial charge >= 0.3 is 0 Å². The van der Waals surface area contributed by atoms with Crippen LogP contribution in [-0.4, -0.2) is 65.4 Å². The van der Waals surface area contributed by atoms with Crippen molar-refractivity contribution in [2.24, 2.45) is 0 Å². The first-order valence-electron chi connectivity index (χ1n) is 10.2. The molecule has 0 aliphatic carbocycles. The maximum atomic E-state index is 7.00. The molecule has 3 heterocycles. The van der Waals surface area contributed by atoms with Crippen molar-refractivity contribution in [3.8, 4) is 0 Å². The van der Waals surface area contributed by atoms with E-state index in [0.29, 0.717) is 0 Å². The van der Waals surface area contributed by atoms with Gasteiger partial charge in [-0.2, -0.15) is 0 Å². The van der Waals surface area contributed by atoms with Gasteiger partial charge in [-0.25, -0.2) is 0 Å². The van der Waals surface area contributed by atoms with Gasteiger partial charge in [-0.3, -0.25) is 0 Å². The highest BCUT2D eigenvalue weighted by molar-refractivity contribution is 4.52. The quantitative estimate of drug-likeness (QED) is 0.776. The second-order valence-electron chi connectivity index (χ2n) is 5.74. The van der Waals surface area contributed by atoms with Crippen molar-refractivity contribution in [3.05, 3.63) is 0 Å². The minimum atomic E-state index is 0.0868. The first-order valence-corrected chi connectivity index (χ1v) is 10.2. The van der Waals surface area contributed by atoms with E-state index in [0.717, 1.165) is 46.4 Å². The lowest BCUT2D eigenvalue weighted by atomic mass is 10.2. The summed E-state index contributed by atoms with van der Waals surface area (Å²) in [6.07, 6.45) is 11.1. The molecule has 6 nitrogen and oxygen atoms in total. The lowest BCUT2D eigenvalue weighted by molar-refractivity contribution is -0.145. The average molecular weight is 381 g/mol. The molecule has 0 aromatic heterocycles. The molecule has 0 bridgehead atoms. The van der Waals surface area contributed by atoms with Crippen LogP contribution in [0.15, 0.2) is 0 Å². The van der Waals surface area contributed by atoms with Crippen LogP contribution in [0.25, 0.3) is 0 Å². The van der Waals surface area contributed by atoms with E-state index < -0.39 is 0 Å². The van der Waals surface area contributed by atoms with Crippen LogP contribution in [-0.2, 0) is 23.7 Å². The van der Waals surface area contributed by atoms with E-state index in [1.165, 1.54) is 44.9 Å². The van der Waals surface area contributed by atoms with Gasteiger partial charge in [0.2, 0.25) is 0 Å². The first kappa shape index (κ1) is 28.0. The molecule has 3 aliphatic rings.